The number of urea groups is 1. The third-order valence-electron chi connectivity index (χ3n) is 3.75. The van der Waals surface area contributed by atoms with Crippen LogP contribution in [-0.2, 0) is 0 Å². The average Bonchev–Trinajstić information content (AvgIpc) is 2.59. The molecule has 2 aromatic rings. The van der Waals surface area contributed by atoms with Gasteiger partial charge in [0.25, 0.3) is 5.95 Å². The highest BCUT2D eigenvalue weighted by molar-refractivity contribution is 6.33. The van der Waals surface area contributed by atoms with Gasteiger partial charge in [0.2, 0.25) is 5.82 Å². The van der Waals surface area contributed by atoms with Crippen molar-refractivity contribution in [3.63, 3.8) is 0 Å². The molecule has 0 bridgehead atoms. The van der Waals surface area contributed by atoms with Gasteiger partial charge in [-0.3, -0.25) is 4.98 Å². The number of rotatable bonds is 2. The fraction of sp³-hybridized carbons (Fsp3) is 0.267. The largest absolute Gasteiger partial charge is 0.367 e. The molecule has 1 fully saturated rings. The van der Waals surface area contributed by atoms with Crippen molar-refractivity contribution >= 4 is 29.0 Å². The minimum absolute atomic E-state index is 0.230. The monoisotopic (exact) mass is 353 g/mol. The van der Waals surface area contributed by atoms with Gasteiger partial charge in [0.1, 0.15) is 0 Å². The van der Waals surface area contributed by atoms with Crippen LogP contribution in [0.1, 0.15) is 0 Å². The molecule has 3 heterocycles. The minimum atomic E-state index is -1.25. The Kier molecular flexibility index (Phi) is 4.75. The van der Waals surface area contributed by atoms with Crippen LogP contribution in [0.15, 0.2) is 30.7 Å². The Labute approximate surface area is 142 Å². The van der Waals surface area contributed by atoms with Crippen molar-refractivity contribution < 1.29 is 13.6 Å². The van der Waals surface area contributed by atoms with Crippen molar-refractivity contribution in [2.24, 2.45) is 0 Å². The standard InChI is InChI=1S/C15H14ClF2N5O/c16-10-9-19-3-2-12(10)22-5-7-23(8-6-22)15(24)21-11-1-4-20-14(18)13(11)17/h1-4,9H,5-8H2,(H,20,21,24). The number of hydrogen-bond donors (Lipinski definition) is 1. The van der Waals surface area contributed by atoms with Crippen LogP contribution in [0.4, 0.5) is 25.0 Å². The lowest BCUT2D eigenvalue weighted by Gasteiger charge is -2.36. The number of hydrogen-bond acceptors (Lipinski definition) is 4. The van der Waals surface area contributed by atoms with Gasteiger partial charge in [-0.05, 0) is 12.1 Å². The minimum Gasteiger partial charge on any atom is -0.367 e. The van der Waals surface area contributed by atoms with E-state index < -0.39 is 17.8 Å². The average molecular weight is 354 g/mol. The number of pyridine rings is 2. The van der Waals surface area contributed by atoms with E-state index in [4.69, 9.17) is 11.6 Å². The van der Waals surface area contributed by atoms with E-state index in [1.807, 2.05) is 11.0 Å². The first-order chi connectivity index (χ1) is 11.6. The third kappa shape index (κ3) is 3.38. The number of piperazine rings is 1. The predicted octanol–water partition coefficient (Wildman–Crippen LogP) is 2.76. The maximum Gasteiger partial charge on any atom is 0.322 e. The van der Waals surface area contributed by atoms with E-state index in [-0.39, 0.29) is 5.69 Å². The fourth-order valence-electron chi connectivity index (χ4n) is 2.48. The summed E-state index contributed by atoms with van der Waals surface area (Å²) in [6.45, 7) is 2.01. The second-order valence-corrected chi connectivity index (χ2v) is 5.60. The Balaban J connectivity index is 1.61. The van der Waals surface area contributed by atoms with Gasteiger partial charge in [-0.25, -0.2) is 9.78 Å². The van der Waals surface area contributed by atoms with Gasteiger partial charge in [0.05, 0.1) is 16.4 Å². The SMILES string of the molecule is O=C(Nc1ccnc(F)c1F)N1CCN(c2ccncc2Cl)CC1. The van der Waals surface area contributed by atoms with Crippen LogP contribution in [0.3, 0.4) is 0 Å². The lowest BCUT2D eigenvalue weighted by molar-refractivity contribution is 0.208. The predicted molar refractivity (Wildman–Crippen MR) is 86.2 cm³/mol. The Bertz CT molecular complexity index is 752. The summed E-state index contributed by atoms with van der Waals surface area (Å²) in [5.41, 5.74) is 0.626. The first kappa shape index (κ1) is 16.4. The lowest BCUT2D eigenvalue weighted by atomic mass is 10.2. The molecule has 1 aliphatic heterocycles. The third-order valence-corrected chi connectivity index (χ3v) is 4.04. The Morgan fingerprint density at radius 1 is 1.17 bits per heavy atom. The van der Waals surface area contributed by atoms with Gasteiger partial charge in [-0.15, -0.1) is 0 Å². The van der Waals surface area contributed by atoms with Gasteiger partial charge >= 0.3 is 6.03 Å². The number of nitrogens with one attached hydrogen (secondary N) is 1. The maximum absolute atomic E-state index is 13.6. The van der Waals surface area contributed by atoms with Crippen molar-refractivity contribution in [1.82, 2.24) is 14.9 Å². The molecule has 0 aliphatic carbocycles. The maximum atomic E-state index is 13.6. The molecule has 24 heavy (non-hydrogen) atoms. The van der Waals surface area contributed by atoms with Crippen LogP contribution in [-0.4, -0.2) is 47.1 Å². The molecule has 0 aromatic carbocycles. The summed E-state index contributed by atoms with van der Waals surface area (Å²) in [6.07, 6.45) is 4.31. The molecule has 126 valence electrons. The van der Waals surface area contributed by atoms with Gasteiger partial charge in [-0.1, -0.05) is 11.6 Å². The number of halogens is 3. The highest BCUT2D eigenvalue weighted by Gasteiger charge is 2.23. The summed E-state index contributed by atoms with van der Waals surface area (Å²) in [5, 5.41) is 2.91. The first-order valence-corrected chi connectivity index (χ1v) is 7.64. The molecule has 2 amide bonds. The molecule has 6 nitrogen and oxygen atoms in total. The fourth-order valence-corrected chi connectivity index (χ4v) is 2.72. The number of amides is 2. The number of nitrogens with zero attached hydrogens (tertiary/aromatic N) is 4. The quantitative estimate of drug-likeness (QED) is 0.843. The summed E-state index contributed by atoms with van der Waals surface area (Å²) in [5.74, 6) is -2.42. The second kappa shape index (κ2) is 6.96. The number of anilines is 2. The van der Waals surface area contributed by atoms with E-state index in [9.17, 15) is 13.6 Å². The van der Waals surface area contributed by atoms with Crippen LogP contribution in [0.25, 0.3) is 0 Å². The molecule has 1 saturated heterocycles. The van der Waals surface area contributed by atoms with Crippen LogP contribution < -0.4 is 10.2 Å². The molecule has 0 atom stereocenters. The highest BCUT2D eigenvalue weighted by atomic mass is 35.5. The first-order valence-electron chi connectivity index (χ1n) is 7.26. The van der Waals surface area contributed by atoms with Crippen molar-refractivity contribution in [3.05, 3.63) is 47.5 Å². The molecular formula is C15H14ClF2N5O. The van der Waals surface area contributed by atoms with Crippen LogP contribution >= 0.6 is 11.6 Å². The van der Waals surface area contributed by atoms with Crippen molar-refractivity contribution in [3.8, 4) is 0 Å². The van der Waals surface area contributed by atoms with Gasteiger partial charge in [-0.2, -0.15) is 8.78 Å². The number of carbonyl (C=O) groups is 1. The van der Waals surface area contributed by atoms with E-state index in [1.165, 1.54) is 11.0 Å². The Morgan fingerprint density at radius 2 is 1.92 bits per heavy atom. The normalized spacial score (nSPS) is 14.6. The van der Waals surface area contributed by atoms with Crippen molar-refractivity contribution in [2.75, 3.05) is 36.4 Å². The van der Waals surface area contributed by atoms with Gasteiger partial charge in [0.15, 0.2) is 0 Å². The van der Waals surface area contributed by atoms with Crippen LogP contribution in [0, 0.1) is 11.8 Å². The Morgan fingerprint density at radius 3 is 2.62 bits per heavy atom. The van der Waals surface area contributed by atoms with E-state index in [2.05, 4.69) is 15.3 Å². The smallest absolute Gasteiger partial charge is 0.322 e. The lowest BCUT2D eigenvalue weighted by Crippen LogP contribution is -2.50. The molecule has 1 aliphatic rings. The van der Waals surface area contributed by atoms with E-state index in [0.717, 1.165) is 11.9 Å². The number of aromatic nitrogens is 2. The molecule has 0 radical (unpaired) electrons. The summed E-state index contributed by atoms with van der Waals surface area (Å²) < 4.78 is 26.6. The molecule has 0 saturated carbocycles. The Hall–Kier alpha value is -2.48. The number of carbonyl (C=O) groups excluding carboxylic acids is 1. The van der Waals surface area contributed by atoms with Gasteiger partial charge < -0.3 is 15.1 Å². The topological polar surface area (TPSA) is 61.4 Å². The van der Waals surface area contributed by atoms with E-state index in [1.54, 1.807) is 12.4 Å². The zero-order valence-corrected chi connectivity index (χ0v) is 13.3. The molecule has 3 rings (SSSR count). The van der Waals surface area contributed by atoms with Crippen LogP contribution in [0.2, 0.25) is 5.02 Å². The summed E-state index contributed by atoms with van der Waals surface area (Å²) in [6, 6.07) is 2.54. The molecule has 2 aromatic heterocycles. The summed E-state index contributed by atoms with van der Waals surface area (Å²) >= 11 is 6.12. The molecule has 1 N–H and O–H groups in total. The van der Waals surface area contributed by atoms with Crippen molar-refractivity contribution in [2.45, 2.75) is 0 Å². The summed E-state index contributed by atoms with van der Waals surface area (Å²) in [7, 11) is 0. The second-order valence-electron chi connectivity index (χ2n) is 5.19. The van der Waals surface area contributed by atoms with E-state index >= 15 is 0 Å². The molecule has 9 heteroatoms. The molecular weight excluding hydrogens is 340 g/mol. The van der Waals surface area contributed by atoms with Gasteiger partial charge in [0, 0.05) is 44.8 Å². The molecule has 0 unspecified atom stereocenters. The molecule has 0 spiro atoms. The van der Waals surface area contributed by atoms with E-state index in [0.29, 0.717) is 31.2 Å². The van der Waals surface area contributed by atoms with Crippen molar-refractivity contribution in [1.29, 1.82) is 0 Å². The zero-order chi connectivity index (χ0) is 17.1. The van der Waals surface area contributed by atoms with Crippen LogP contribution in [0.5, 0.6) is 0 Å². The zero-order valence-electron chi connectivity index (χ0n) is 12.5. The summed E-state index contributed by atoms with van der Waals surface area (Å²) in [4.78, 5) is 22.9. The highest BCUT2D eigenvalue weighted by Crippen LogP contribution is 2.25.